The number of carbonyl (C=O) groups is 2. The van der Waals surface area contributed by atoms with E-state index in [1.54, 1.807) is 53.8 Å². The lowest BCUT2D eigenvalue weighted by atomic mass is 10.1. The lowest BCUT2D eigenvalue weighted by molar-refractivity contribution is 0.0985. The van der Waals surface area contributed by atoms with Crippen LogP contribution in [0.25, 0.3) is 0 Å². The molecule has 0 radical (unpaired) electrons. The molecule has 0 atom stereocenters. The van der Waals surface area contributed by atoms with Crippen LogP contribution in [0.4, 0.5) is 11.4 Å². The summed E-state index contributed by atoms with van der Waals surface area (Å²) in [7, 11) is 1.53. The average molecular weight is 441 g/mol. The van der Waals surface area contributed by atoms with Crippen LogP contribution in [-0.2, 0) is 6.42 Å². The van der Waals surface area contributed by atoms with Crippen LogP contribution in [0.1, 0.15) is 38.4 Å². The van der Waals surface area contributed by atoms with Crippen molar-refractivity contribution < 1.29 is 14.3 Å². The maximum absolute atomic E-state index is 13.1. The molecule has 2 heterocycles. The molecule has 1 aliphatic heterocycles. The van der Waals surface area contributed by atoms with Gasteiger partial charge in [-0.3, -0.25) is 9.59 Å². The Balaban J connectivity index is 1.51. The molecule has 7 heteroatoms. The second-order valence-electron chi connectivity index (χ2n) is 7.00. The molecule has 0 saturated carbocycles. The molecule has 1 aromatic heterocycles. The summed E-state index contributed by atoms with van der Waals surface area (Å²) >= 11 is 7.74. The zero-order valence-corrected chi connectivity index (χ0v) is 18.1. The van der Waals surface area contributed by atoms with Gasteiger partial charge in [0.05, 0.1) is 22.7 Å². The van der Waals surface area contributed by atoms with Gasteiger partial charge < -0.3 is 15.0 Å². The van der Waals surface area contributed by atoms with Gasteiger partial charge in [-0.2, -0.15) is 0 Å². The number of anilines is 2. The van der Waals surface area contributed by atoms with E-state index >= 15 is 0 Å². The number of aryl methyl sites for hydroxylation is 1. The van der Waals surface area contributed by atoms with E-state index in [0.29, 0.717) is 33.4 Å². The number of methoxy groups -OCH3 is 1. The molecule has 30 heavy (non-hydrogen) atoms. The highest BCUT2D eigenvalue weighted by molar-refractivity contribution is 7.16. The molecular formula is C23H21ClN2O3S. The maximum atomic E-state index is 13.1. The average Bonchev–Trinajstić information content (AvgIpc) is 3.02. The molecule has 1 N–H and O–H groups in total. The van der Waals surface area contributed by atoms with E-state index in [4.69, 9.17) is 16.3 Å². The number of rotatable bonds is 4. The predicted molar refractivity (Wildman–Crippen MR) is 121 cm³/mol. The topological polar surface area (TPSA) is 58.6 Å². The quantitative estimate of drug-likeness (QED) is 0.570. The van der Waals surface area contributed by atoms with E-state index in [1.807, 2.05) is 17.0 Å². The molecular weight excluding hydrogens is 420 g/mol. The van der Waals surface area contributed by atoms with Gasteiger partial charge in [-0.1, -0.05) is 23.7 Å². The third-order valence-corrected chi connectivity index (χ3v) is 6.38. The van der Waals surface area contributed by atoms with Crippen LogP contribution in [-0.4, -0.2) is 25.5 Å². The Morgan fingerprint density at radius 2 is 1.87 bits per heavy atom. The van der Waals surface area contributed by atoms with Crippen LogP contribution in [0.5, 0.6) is 5.75 Å². The van der Waals surface area contributed by atoms with E-state index in [0.717, 1.165) is 29.8 Å². The van der Waals surface area contributed by atoms with Gasteiger partial charge in [0.15, 0.2) is 0 Å². The van der Waals surface area contributed by atoms with Crippen molar-refractivity contribution in [2.75, 3.05) is 23.9 Å². The molecule has 2 aromatic carbocycles. The maximum Gasteiger partial charge on any atom is 0.259 e. The first-order chi connectivity index (χ1) is 14.6. The van der Waals surface area contributed by atoms with Crippen molar-refractivity contribution in [1.82, 2.24) is 0 Å². The van der Waals surface area contributed by atoms with Crippen LogP contribution < -0.4 is 15.0 Å². The van der Waals surface area contributed by atoms with E-state index in [9.17, 15) is 9.59 Å². The summed E-state index contributed by atoms with van der Waals surface area (Å²) in [5.74, 6) is 0.181. The molecule has 2 amide bonds. The van der Waals surface area contributed by atoms with Gasteiger partial charge in [-0.15, -0.1) is 11.3 Å². The van der Waals surface area contributed by atoms with Crippen molar-refractivity contribution in [1.29, 1.82) is 0 Å². The van der Waals surface area contributed by atoms with Crippen molar-refractivity contribution in [2.45, 2.75) is 19.3 Å². The molecule has 1 aliphatic rings. The molecule has 0 saturated heterocycles. The number of para-hydroxylation sites is 1. The molecule has 0 bridgehead atoms. The van der Waals surface area contributed by atoms with Crippen molar-refractivity contribution in [2.24, 2.45) is 0 Å². The lowest BCUT2D eigenvalue weighted by Crippen LogP contribution is -2.31. The van der Waals surface area contributed by atoms with Gasteiger partial charge in [-0.25, -0.2) is 0 Å². The molecule has 0 fully saturated rings. The lowest BCUT2D eigenvalue weighted by Gasteiger charge is -2.21. The van der Waals surface area contributed by atoms with Crippen LogP contribution in [0.2, 0.25) is 4.34 Å². The van der Waals surface area contributed by atoms with Crippen LogP contribution in [0, 0.1) is 0 Å². The Hall–Kier alpha value is -2.83. The van der Waals surface area contributed by atoms with Crippen molar-refractivity contribution in [3.63, 3.8) is 0 Å². The number of thiophene rings is 1. The van der Waals surface area contributed by atoms with Crippen molar-refractivity contribution >= 4 is 46.1 Å². The summed E-state index contributed by atoms with van der Waals surface area (Å²) in [6, 6.07) is 15.9. The van der Waals surface area contributed by atoms with E-state index in [-0.39, 0.29) is 11.8 Å². The summed E-state index contributed by atoms with van der Waals surface area (Å²) in [4.78, 5) is 28.7. The highest BCUT2D eigenvalue weighted by atomic mass is 35.5. The highest BCUT2D eigenvalue weighted by Crippen LogP contribution is 2.37. The first kappa shape index (κ1) is 20.4. The number of nitrogens with zero attached hydrogens (tertiary/aromatic N) is 1. The van der Waals surface area contributed by atoms with Crippen molar-refractivity contribution in [3.05, 3.63) is 74.9 Å². The van der Waals surface area contributed by atoms with Gasteiger partial charge >= 0.3 is 0 Å². The normalized spacial score (nSPS) is 13.3. The number of hydrogen-bond acceptors (Lipinski definition) is 4. The number of carbonyl (C=O) groups excluding carboxylic acids is 2. The highest BCUT2D eigenvalue weighted by Gasteiger charge is 2.24. The minimum atomic E-state index is -0.267. The summed E-state index contributed by atoms with van der Waals surface area (Å²) < 4.78 is 5.95. The first-order valence-corrected chi connectivity index (χ1v) is 10.9. The molecule has 0 spiro atoms. The van der Waals surface area contributed by atoms with Gasteiger partial charge in [0.2, 0.25) is 0 Å². The first-order valence-electron chi connectivity index (χ1n) is 9.71. The minimum Gasteiger partial charge on any atom is -0.496 e. The number of amides is 2. The zero-order chi connectivity index (χ0) is 21.1. The second-order valence-corrected chi connectivity index (χ2v) is 8.77. The summed E-state index contributed by atoms with van der Waals surface area (Å²) in [6.07, 6.45) is 2.95. The SMILES string of the molecule is COc1ccccc1C(=O)Nc1ccc(C(=O)N2CCCCc3sc(Cl)cc32)cc1. The molecule has 5 nitrogen and oxygen atoms in total. The summed E-state index contributed by atoms with van der Waals surface area (Å²) in [6.45, 7) is 0.672. The molecule has 0 unspecified atom stereocenters. The molecule has 0 aliphatic carbocycles. The Bertz CT molecular complexity index is 1080. The number of halogens is 1. The fourth-order valence-electron chi connectivity index (χ4n) is 3.56. The summed E-state index contributed by atoms with van der Waals surface area (Å²) in [5, 5.41) is 2.85. The van der Waals surface area contributed by atoms with Crippen molar-refractivity contribution in [3.8, 4) is 5.75 Å². The minimum absolute atomic E-state index is 0.0600. The van der Waals surface area contributed by atoms with Gasteiger partial charge in [0.25, 0.3) is 11.8 Å². The third-order valence-electron chi connectivity index (χ3n) is 5.07. The zero-order valence-electron chi connectivity index (χ0n) is 16.5. The van der Waals surface area contributed by atoms with Crippen LogP contribution in [0.3, 0.4) is 0 Å². The van der Waals surface area contributed by atoms with E-state index in [1.165, 1.54) is 7.11 Å². The van der Waals surface area contributed by atoms with Gasteiger partial charge in [-0.05, 0) is 61.7 Å². The fraction of sp³-hybridized carbons (Fsp3) is 0.217. The van der Waals surface area contributed by atoms with Gasteiger partial charge in [0.1, 0.15) is 5.75 Å². The number of hydrogen-bond donors (Lipinski definition) is 1. The number of fused-ring (bicyclic) bond motifs is 1. The van der Waals surface area contributed by atoms with E-state index in [2.05, 4.69) is 5.32 Å². The Kier molecular flexibility index (Phi) is 6.06. The van der Waals surface area contributed by atoms with E-state index < -0.39 is 0 Å². The molecule has 154 valence electrons. The Morgan fingerprint density at radius 3 is 2.63 bits per heavy atom. The van der Waals surface area contributed by atoms with Crippen LogP contribution in [0.15, 0.2) is 54.6 Å². The number of nitrogens with one attached hydrogen (secondary N) is 1. The number of benzene rings is 2. The monoisotopic (exact) mass is 440 g/mol. The predicted octanol–water partition coefficient (Wildman–Crippen LogP) is 5.65. The Labute approximate surface area is 184 Å². The standard InChI is InChI=1S/C23H21ClN2O3S/c1-29-19-7-3-2-6-17(19)22(27)25-16-11-9-15(10-12-16)23(28)26-13-5-4-8-20-18(26)14-21(24)30-20/h2-3,6-7,9-12,14H,4-5,8,13H2,1H3,(H,25,27). The Morgan fingerprint density at radius 1 is 1.10 bits per heavy atom. The second kappa shape index (κ2) is 8.90. The van der Waals surface area contributed by atoms with Crippen LogP contribution >= 0.6 is 22.9 Å². The molecule has 3 aromatic rings. The smallest absolute Gasteiger partial charge is 0.259 e. The largest absolute Gasteiger partial charge is 0.496 e. The molecule has 4 rings (SSSR count). The fourth-order valence-corrected chi connectivity index (χ4v) is 4.87. The summed E-state index contributed by atoms with van der Waals surface area (Å²) in [5.41, 5.74) is 2.55. The van der Waals surface area contributed by atoms with Gasteiger partial charge in [0, 0.05) is 22.7 Å². The number of ether oxygens (including phenoxy) is 1. The third kappa shape index (κ3) is 4.20.